The van der Waals surface area contributed by atoms with Crippen LogP contribution in [0.1, 0.15) is 25.7 Å². The summed E-state index contributed by atoms with van der Waals surface area (Å²) >= 11 is 0. The standard InChI is InChI=1S/C10H11NO2/c11-7-9(10(12)13)6-8-4-2-1-3-5-8/h4,6H,1-3,5H2,(H,12,13). The van der Waals surface area contributed by atoms with Gasteiger partial charge < -0.3 is 5.11 Å². The summed E-state index contributed by atoms with van der Waals surface area (Å²) in [5.41, 5.74) is 0.804. The Morgan fingerprint density at radius 2 is 2.38 bits per heavy atom. The molecule has 0 amide bonds. The van der Waals surface area contributed by atoms with Gasteiger partial charge in [0.1, 0.15) is 11.6 Å². The molecule has 0 bridgehead atoms. The number of rotatable bonds is 2. The highest BCUT2D eigenvalue weighted by Gasteiger charge is 2.08. The Bertz CT molecular complexity index is 307. The van der Waals surface area contributed by atoms with Gasteiger partial charge in [-0.1, -0.05) is 11.6 Å². The van der Waals surface area contributed by atoms with Crippen LogP contribution >= 0.6 is 0 Å². The number of allylic oxidation sites excluding steroid dienone is 3. The van der Waals surface area contributed by atoms with Gasteiger partial charge in [-0.05, 0) is 31.8 Å². The van der Waals surface area contributed by atoms with Crippen molar-refractivity contribution in [2.45, 2.75) is 25.7 Å². The second-order valence-corrected chi connectivity index (χ2v) is 3.00. The summed E-state index contributed by atoms with van der Waals surface area (Å²) in [5.74, 6) is -1.14. The van der Waals surface area contributed by atoms with E-state index in [1.54, 1.807) is 6.07 Å². The van der Waals surface area contributed by atoms with Crippen LogP contribution in [0.2, 0.25) is 0 Å². The Morgan fingerprint density at radius 3 is 2.85 bits per heavy atom. The van der Waals surface area contributed by atoms with Gasteiger partial charge in [-0.2, -0.15) is 5.26 Å². The molecule has 1 N–H and O–H groups in total. The Hall–Kier alpha value is -1.56. The van der Waals surface area contributed by atoms with E-state index in [1.807, 2.05) is 6.08 Å². The number of hydrogen-bond donors (Lipinski definition) is 1. The predicted octanol–water partition coefficient (Wildman–Crippen LogP) is 2.02. The van der Waals surface area contributed by atoms with Crippen molar-refractivity contribution < 1.29 is 9.90 Å². The molecule has 0 heterocycles. The lowest BCUT2D eigenvalue weighted by Crippen LogP contribution is -1.99. The number of aliphatic carboxylic acids is 1. The number of carboxylic acid groups (broad SMARTS) is 1. The Labute approximate surface area is 77.0 Å². The van der Waals surface area contributed by atoms with Crippen LogP contribution in [0.5, 0.6) is 0 Å². The van der Waals surface area contributed by atoms with Crippen LogP contribution in [0.4, 0.5) is 0 Å². The minimum absolute atomic E-state index is 0.173. The van der Waals surface area contributed by atoms with Gasteiger partial charge in [-0.15, -0.1) is 0 Å². The Morgan fingerprint density at radius 1 is 1.62 bits per heavy atom. The van der Waals surface area contributed by atoms with Crippen molar-refractivity contribution in [2.24, 2.45) is 0 Å². The van der Waals surface area contributed by atoms with E-state index in [4.69, 9.17) is 10.4 Å². The second kappa shape index (κ2) is 4.46. The van der Waals surface area contributed by atoms with Crippen molar-refractivity contribution >= 4 is 5.97 Å². The van der Waals surface area contributed by atoms with Crippen LogP contribution in [0, 0.1) is 11.3 Å². The molecule has 0 spiro atoms. The summed E-state index contributed by atoms with van der Waals surface area (Å²) in [5, 5.41) is 17.1. The zero-order valence-corrected chi connectivity index (χ0v) is 7.29. The number of carbonyl (C=O) groups is 1. The molecule has 0 fully saturated rings. The molecule has 0 aliphatic heterocycles. The topological polar surface area (TPSA) is 61.1 Å². The van der Waals surface area contributed by atoms with Gasteiger partial charge in [0.2, 0.25) is 0 Å². The molecule has 0 radical (unpaired) electrons. The van der Waals surface area contributed by atoms with E-state index in [-0.39, 0.29) is 5.57 Å². The molecular formula is C10H11NO2. The van der Waals surface area contributed by atoms with Gasteiger partial charge in [-0.25, -0.2) is 4.79 Å². The fraction of sp³-hybridized carbons (Fsp3) is 0.400. The van der Waals surface area contributed by atoms with Crippen molar-refractivity contribution in [1.82, 2.24) is 0 Å². The molecule has 3 heteroatoms. The number of carboxylic acids is 1. The van der Waals surface area contributed by atoms with E-state index in [9.17, 15) is 4.79 Å². The highest BCUT2D eigenvalue weighted by molar-refractivity contribution is 5.91. The molecule has 0 saturated heterocycles. The zero-order chi connectivity index (χ0) is 9.68. The van der Waals surface area contributed by atoms with Crippen LogP contribution in [0.3, 0.4) is 0 Å². The Kier molecular flexibility index (Phi) is 3.27. The second-order valence-electron chi connectivity index (χ2n) is 3.00. The lowest BCUT2D eigenvalue weighted by atomic mass is 9.98. The molecule has 3 nitrogen and oxygen atoms in total. The minimum Gasteiger partial charge on any atom is -0.477 e. The van der Waals surface area contributed by atoms with Gasteiger partial charge in [0.05, 0.1) is 0 Å². The third kappa shape index (κ3) is 2.75. The van der Waals surface area contributed by atoms with Crippen molar-refractivity contribution in [3.8, 4) is 6.07 Å². The lowest BCUT2D eigenvalue weighted by molar-refractivity contribution is -0.132. The maximum absolute atomic E-state index is 10.5. The third-order valence-electron chi connectivity index (χ3n) is 2.01. The van der Waals surface area contributed by atoms with E-state index in [0.29, 0.717) is 0 Å². The first-order chi connectivity index (χ1) is 6.24. The molecule has 0 aromatic carbocycles. The summed E-state index contributed by atoms with van der Waals surface area (Å²) < 4.78 is 0. The van der Waals surface area contributed by atoms with Crippen molar-refractivity contribution in [3.63, 3.8) is 0 Å². The summed E-state index contributed by atoms with van der Waals surface area (Å²) in [6.45, 7) is 0. The highest BCUT2D eigenvalue weighted by atomic mass is 16.4. The fourth-order valence-electron chi connectivity index (χ4n) is 1.32. The number of nitrogens with zero attached hydrogens (tertiary/aromatic N) is 1. The summed E-state index contributed by atoms with van der Waals surface area (Å²) in [6, 6.07) is 1.67. The molecule has 1 aliphatic rings. The molecule has 0 unspecified atom stereocenters. The van der Waals surface area contributed by atoms with Crippen LogP contribution in [-0.2, 0) is 4.79 Å². The molecule has 1 rings (SSSR count). The van der Waals surface area contributed by atoms with E-state index < -0.39 is 5.97 Å². The van der Waals surface area contributed by atoms with E-state index >= 15 is 0 Å². The quantitative estimate of drug-likeness (QED) is 0.518. The smallest absolute Gasteiger partial charge is 0.346 e. The lowest BCUT2D eigenvalue weighted by Gasteiger charge is -2.07. The molecule has 0 aromatic rings. The predicted molar refractivity (Wildman–Crippen MR) is 47.9 cm³/mol. The molecule has 0 atom stereocenters. The van der Waals surface area contributed by atoms with Gasteiger partial charge >= 0.3 is 5.97 Å². The third-order valence-corrected chi connectivity index (χ3v) is 2.01. The van der Waals surface area contributed by atoms with E-state index in [1.165, 1.54) is 6.08 Å². The first kappa shape index (κ1) is 9.53. The zero-order valence-electron chi connectivity index (χ0n) is 7.29. The van der Waals surface area contributed by atoms with E-state index in [0.717, 1.165) is 31.3 Å². The molecule has 0 aromatic heterocycles. The maximum Gasteiger partial charge on any atom is 0.346 e. The van der Waals surface area contributed by atoms with Crippen molar-refractivity contribution in [1.29, 1.82) is 5.26 Å². The van der Waals surface area contributed by atoms with Gasteiger partial charge in [0.25, 0.3) is 0 Å². The van der Waals surface area contributed by atoms with Crippen LogP contribution in [-0.4, -0.2) is 11.1 Å². The van der Waals surface area contributed by atoms with Gasteiger partial charge in [0, 0.05) is 0 Å². The van der Waals surface area contributed by atoms with Crippen LogP contribution in [0.25, 0.3) is 0 Å². The van der Waals surface area contributed by atoms with Crippen molar-refractivity contribution in [2.75, 3.05) is 0 Å². The molecule has 0 saturated carbocycles. The highest BCUT2D eigenvalue weighted by Crippen LogP contribution is 2.19. The maximum atomic E-state index is 10.5. The molecule has 13 heavy (non-hydrogen) atoms. The molecule has 1 aliphatic carbocycles. The van der Waals surface area contributed by atoms with Gasteiger partial charge in [-0.3, -0.25) is 0 Å². The summed E-state index contributed by atoms with van der Waals surface area (Å²) in [4.78, 5) is 10.5. The first-order valence-electron chi connectivity index (χ1n) is 4.28. The Balaban J connectivity index is 2.78. The van der Waals surface area contributed by atoms with E-state index in [2.05, 4.69) is 0 Å². The summed E-state index contributed by atoms with van der Waals surface area (Å²) in [7, 11) is 0. The number of hydrogen-bond acceptors (Lipinski definition) is 2. The normalized spacial score (nSPS) is 17.5. The monoisotopic (exact) mass is 177 g/mol. The minimum atomic E-state index is -1.14. The fourth-order valence-corrected chi connectivity index (χ4v) is 1.32. The number of nitriles is 1. The van der Waals surface area contributed by atoms with Gasteiger partial charge in [0.15, 0.2) is 0 Å². The molecule has 68 valence electrons. The first-order valence-corrected chi connectivity index (χ1v) is 4.28. The summed E-state index contributed by atoms with van der Waals surface area (Å²) in [6.07, 6.45) is 7.60. The molecular weight excluding hydrogens is 166 g/mol. The van der Waals surface area contributed by atoms with Crippen LogP contribution in [0.15, 0.2) is 23.3 Å². The van der Waals surface area contributed by atoms with Crippen molar-refractivity contribution in [3.05, 3.63) is 23.3 Å². The average Bonchev–Trinajstić information content (AvgIpc) is 2.15. The van der Waals surface area contributed by atoms with Crippen LogP contribution < -0.4 is 0 Å². The SMILES string of the molecule is N#CC(=CC1=CCCCC1)C(=O)O. The average molecular weight is 177 g/mol. The largest absolute Gasteiger partial charge is 0.477 e.